The number of rotatable bonds is 4. The minimum atomic E-state index is -0.125. The zero-order valence-electron chi connectivity index (χ0n) is 10.4. The van der Waals surface area contributed by atoms with Gasteiger partial charge in [0.1, 0.15) is 0 Å². The maximum atomic E-state index is 5.74. The second-order valence-electron chi connectivity index (χ2n) is 4.99. The first-order valence-electron chi connectivity index (χ1n) is 5.39. The molecule has 2 N–H and O–H groups in total. The van der Waals surface area contributed by atoms with E-state index < -0.39 is 0 Å². The van der Waals surface area contributed by atoms with Gasteiger partial charge in [-0.3, -0.25) is 0 Å². The number of benzene rings is 1. The lowest BCUT2D eigenvalue weighted by Crippen LogP contribution is -2.31. The number of hydrogen-bond acceptors (Lipinski definition) is 2. The summed E-state index contributed by atoms with van der Waals surface area (Å²) in [6, 6.07) is 8.46. The summed E-state index contributed by atoms with van der Waals surface area (Å²) in [5.74, 6) is 0. The summed E-state index contributed by atoms with van der Waals surface area (Å²) < 4.78 is 0. The Hall–Kier alpha value is -1.09. The van der Waals surface area contributed by atoms with Crippen molar-refractivity contribution in [2.24, 2.45) is 11.1 Å². The topological polar surface area (TPSA) is 29.3 Å². The Morgan fingerprint density at radius 1 is 1.38 bits per heavy atom. The fourth-order valence-electron chi connectivity index (χ4n) is 1.54. The second-order valence-corrected chi connectivity index (χ2v) is 5.43. The number of thiocarbonyl (C=S) groups is 1. The third kappa shape index (κ3) is 3.20. The molecule has 88 valence electrons. The van der Waals surface area contributed by atoms with Crippen molar-refractivity contribution in [3.63, 3.8) is 0 Å². The molecule has 1 rings (SSSR count). The van der Waals surface area contributed by atoms with Crippen LogP contribution in [0.4, 0.5) is 5.69 Å². The van der Waals surface area contributed by atoms with Crippen LogP contribution >= 0.6 is 12.2 Å². The van der Waals surface area contributed by atoms with Gasteiger partial charge >= 0.3 is 0 Å². The van der Waals surface area contributed by atoms with E-state index in [0.29, 0.717) is 4.99 Å². The summed E-state index contributed by atoms with van der Waals surface area (Å²) in [5.41, 5.74) is 8.08. The molecule has 0 aliphatic carbocycles. The zero-order chi connectivity index (χ0) is 12.3. The molecule has 16 heavy (non-hydrogen) atoms. The number of nitrogens with zero attached hydrogens (tertiary/aromatic N) is 1. The van der Waals surface area contributed by atoms with E-state index in [1.165, 1.54) is 11.3 Å². The normalized spacial score (nSPS) is 11.2. The van der Waals surface area contributed by atoms with Gasteiger partial charge in [-0.05, 0) is 24.1 Å². The van der Waals surface area contributed by atoms with Crippen molar-refractivity contribution in [2.45, 2.75) is 20.3 Å². The summed E-state index contributed by atoms with van der Waals surface area (Å²) in [6.07, 6.45) is 0.879. The van der Waals surface area contributed by atoms with Crippen molar-refractivity contribution < 1.29 is 0 Å². The van der Waals surface area contributed by atoms with Gasteiger partial charge in [0.2, 0.25) is 0 Å². The molecule has 3 heteroatoms. The number of anilines is 1. The Morgan fingerprint density at radius 3 is 2.50 bits per heavy atom. The summed E-state index contributed by atoms with van der Waals surface area (Å²) in [7, 11) is 4.08. The second kappa shape index (κ2) is 4.83. The van der Waals surface area contributed by atoms with Gasteiger partial charge in [-0.25, -0.2) is 0 Å². The third-order valence-electron chi connectivity index (χ3n) is 2.74. The van der Waals surface area contributed by atoms with Crippen molar-refractivity contribution in [3.8, 4) is 0 Å². The summed E-state index contributed by atoms with van der Waals surface area (Å²) in [5, 5.41) is 0. The molecule has 0 aliphatic rings. The molecule has 1 aromatic rings. The van der Waals surface area contributed by atoms with Crippen LogP contribution in [0.5, 0.6) is 0 Å². The van der Waals surface area contributed by atoms with Crippen LogP contribution in [0.1, 0.15) is 19.4 Å². The Labute approximate surface area is 103 Å². The predicted octanol–water partition coefficient (Wildman–Crippen LogP) is 2.61. The van der Waals surface area contributed by atoms with Crippen LogP contribution < -0.4 is 10.6 Å². The summed E-state index contributed by atoms with van der Waals surface area (Å²) in [4.78, 5) is 2.67. The minimum absolute atomic E-state index is 0.125. The monoisotopic (exact) mass is 236 g/mol. The maximum absolute atomic E-state index is 5.74. The maximum Gasteiger partial charge on any atom is 0.0787 e. The van der Waals surface area contributed by atoms with E-state index in [1.807, 2.05) is 14.1 Å². The SMILES string of the molecule is CN(C)c1cccc(CC(C)(C)C(N)=S)c1. The quantitative estimate of drug-likeness (QED) is 0.815. The van der Waals surface area contributed by atoms with Crippen molar-refractivity contribution in [3.05, 3.63) is 29.8 Å². The molecule has 0 heterocycles. The van der Waals surface area contributed by atoms with Crippen LogP contribution in [0, 0.1) is 5.41 Å². The van der Waals surface area contributed by atoms with Crippen LogP contribution in [0.15, 0.2) is 24.3 Å². The Morgan fingerprint density at radius 2 is 2.00 bits per heavy atom. The molecular formula is C13H20N2S. The molecule has 0 bridgehead atoms. The highest BCUT2D eigenvalue weighted by atomic mass is 32.1. The molecule has 0 saturated carbocycles. The molecule has 0 aromatic heterocycles. The van der Waals surface area contributed by atoms with E-state index in [1.54, 1.807) is 0 Å². The molecule has 0 aliphatic heterocycles. The molecule has 0 spiro atoms. The molecule has 0 radical (unpaired) electrons. The lowest BCUT2D eigenvalue weighted by atomic mass is 9.85. The van der Waals surface area contributed by atoms with Crippen LogP contribution in [-0.4, -0.2) is 19.1 Å². The largest absolute Gasteiger partial charge is 0.393 e. The van der Waals surface area contributed by atoms with Crippen LogP contribution in [0.3, 0.4) is 0 Å². The van der Waals surface area contributed by atoms with Crippen LogP contribution in [-0.2, 0) is 6.42 Å². The average molecular weight is 236 g/mol. The van der Waals surface area contributed by atoms with Crippen LogP contribution in [0.25, 0.3) is 0 Å². The average Bonchev–Trinajstić information content (AvgIpc) is 2.17. The molecule has 1 aromatic carbocycles. The Bertz CT molecular complexity index is 383. The summed E-state index contributed by atoms with van der Waals surface area (Å²) >= 11 is 5.08. The van der Waals surface area contributed by atoms with Gasteiger partial charge in [0.05, 0.1) is 4.99 Å². The van der Waals surface area contributed by atoms with E-state index in [4.69, 9.17) is 18.0 Å². The molecular weight excluding hydrogens is 216 g/mol. The number of hydrogen-bond donors (Lipinski definition) is 1. The lowest BCUT2D eigenvalue weighted by molar-refractivity contribution is 0.523. The highest BCUT2D eigenvalue weighted by Gasteiger charge is 2.21. The fraction of sp³-hybridized carbons (Fsp3) is 0.462. The van der Waals surface area contributed by atoms with Gasteiger partial charge in [-0.1, -0.05) is 38.2 Å². The van der Waals surface area contributed by atoms with Crippen LogP contribution in [0.2, 0.25) is 0 Å². The van der Waals surface area contributed by atoms with Gasteiger partial charge in [0, 0.05) is 25.2 Å². The van der Waals surface area contributed by atoms with E-state index >= 15 is 0 Å². The highest BCUT2D eigenvalue weighted by Crippen LogP contribution is 2.24. The van der Waals surface area contributed by atoms with Crippen molar-refractivity contribution >= 4 is 22.9 Å². The first-order valence-corrected chi connectivity index (χ1v) is 5.80. The first kappa shape index (κ1) is 13.0. The van der Waals surface area contributed by atoms with Gasteiger partial charge in [0.15, 0.2) is 0 Å². The molecule has 0 fully saturated rings. The van der Waals surface area contributed by atoms with E-state index in [-0.39, 0.29) is 5.41 Å². The minimum Gasteiger partial charge on any atom is -0.393 e. The lowest BCUT2D eigenvalue weighted by Gasteiger charge is -2.24. The standard InChI is InChI=1S/C13H20N2S/c1-13(2,12(14)16)9-10-6-5-7-11(8-10)15(3)4/h5-8H,9H2,1-4H3,(H2,14,16). The highest BCUT2D eigenvalue weighted by molar-refractivity contribution is 7.80. The molecule has 0 unspecified atom stereocenters. The predicted molar refractivity (Wildman–Crippen MR) is 75.0 cm³/mol. The van der Waals surface area contributed by atoms with E-state index in [0.717, 1.165) is 6.42 Å². The van der Waals surface area contributed by atoms with Crippen molar-refractivity contribution in [2.75, 3.05) is 19.0 Å². The zero-order valence-corrected chi connectivity index (χ0v) is 11.3. The van der Waals surface area contributed by atoms with E-state index in [2.05, 4.69) is 43.0 Å². The Balaban J connectivity index is 2.90. The Kier molecular flexibility index (Phi) is 3.92. The summed E-state index contributed by atoms with van der Waals surface area (Å²) in [6.45, 7) is 4.16. The molecule has 0 amide bonds. The van der Waals surface area contributed by atoms with Crippen molar-refractivity contribution in [1.82, 2.24) is 0 Å². The van der Waals surface area contributed by atoms with Crippen molar-refractivity contribution in [1.29, 1.82) is 0 Å². The third-order valence-corrected chi connectivity index (χ3v) is 3.29. The smallest absolute Gasteiger partial charge is 0.0787 e. The molecule has 0 saturated heterocycles. The molecule has 0 atom stereocenters. The number of nitrogens with two attached hydrogens (primary N) is 1. The van der Waals surface area contributed by atoms with Gasteiger partial charge < -0.3 is 10.6 Å². The molecule has 2 nitrogen and oxygen atoms in total. The van der Waals surface area contributed by atoms with Gasteiger partial charge in [-0.15, -0.1) is 0 Å². The van der Waals surface area contributed by atoms with E-state index in [9.17, 15) is 0 Å². The van der Waals surface area contributed by atoms with Gasteiger partial charge in [0.25, 0.3) is 0 Å². The van der Waals surface area contributed by atoms with Gasteiger partial charge in [-0.2, -0.15) is 0 Å². The first-order chi connectivity index (χ1) is 7.33. The fourth-order valence-corrected chi connectivity index (χ4v) is 1.61.